The van der Waals surface area contributed by atoms with Gasteiger partial charge in [-0.1, -0.05) is 0 Å². The molecule has 2 rings (SSSR count). The van der Waals surface area contributed by atoms with Gasteiger partial charge in [-0.2, -0.15) is 0 Å². The molecule has 0 radical (unpaired) electrons. The second-order valence-electron chi connectivity index (χ2n) is 5.35. The van der Waals surface area contributed by atoms with Crippen LogP contribution in [0.25, 0.3) is 0 Å². The molecule has 0 spiro atoms. The van der Waals surface area contributed by atoms with Crippen LogP contribution in [0.3, 0.4) is 0 Å². The minimum atomic E-state index is -1.73. The van der Waals surface area contributed by atoms with E-state index < -0.39 is 35.0 Å². The number of anilines is 3. The summed E-state index contributed by atoms with van der Waals surface area (Å²) in [6, 6.07) is 8.30. The van der Waals surface area contributed by atoms with E-state index in [1.807, 2.05) is 19.2 Å². The smallest absolute Gasteiger partial charge is 0.314 e. The van der Waals surface area contributed by atoms with Gasteiger partial charge in [-0.3, -0.25) is 9.59 Å². The first kappa shape index (κ1) is 19.3. The molecule has 2 aromatic rings. The highest BCUT2D eigenvalue weighted by molar-refractivity contribution is 6.43. The summed E-state index contributed by atoms with van der Waals surface area (Å²) in [5.41, 5.74) is 0.703. The molecule has 0 atom stereocenters. The normalized spacial score (nSPS) is 10.3. The lowest BCUT2D eigenvalue weighted by Gasteiger charge is -2.21. The molecule has 5 nitrogen and oxygen atoms in total. The minimum absolute atomic E-state index is 0.367. The van der Waals surface area contributed by atoms with Crippen LogP contribution in [0.5, 0.6) is 0 Å². The average Bonchev–Trinajstić information content (AvgIpc) is 2.64. The molecule has 0 fully saturated rings. The molecule has 0 heterocycles. The van der Waals surface area contributed by atoms with Gasteiger partial charge in [0.1, 0.15) is 0 Å². The lowest BCUT2D eigenvalue weighted by atomic mass is 10.2. The molecule has 0 unspecified atom stereocenters. The van der Waals surface area contributed by atoms with E-state index in [0.717, 1.165) is 24.8 Å². The predicted octanol–water partition coefficient (Wildman–Crippen LogP) is 3.53. The summed E-state index contributed by atoms with van der Waals surface area (Å²) in [5.74, 6) is -6.96. The zero-order valence-electron chi connectivity index (χ0n) is 14.3. The van der Waals surface area contributed by atoms with Crippen molar-refractivity contribution in [2.45, 2.75) is 13.8 Å². The fourth-order valence-corrected chi connectivity index (χ4v) is 2.33. The van der Waals surface area contributed by atoms with Crippen LogP contribution in [0, 0.1) is 17.5 Å². The Morgan fingerprint density at radius 2 is 1.42 bits per heavy atom. The van der Waals surface area contributed by atoms with Crippen molar-refractivity contribution in [1.82, 2.24) is 0 Å². The highest BCUT2D eigenvalue weighted by atomic mass is 19.2. The molecule has 0 aliphatic rings. The Morgan fingerprint density at radius 3 is 2.00 bits per heavy atom. The van der Waals surface area contributed by atoms with Crippen molar-refractivity contribution in [3.8, 4) is 0 Å². The lowest BCUT2D eigenvalue weighted by Crippen LogP contribution is -2.29. The standard InChI is InChI=1S/C18H18F3N3O2/c1-3-24(4-2)12-7-5-11(6-8-12)22-17(25)18(26)23-14-10-9-13(19)15(20)16(14)21/h5-10H,3-4H2,1-2H3,(H,22,25)(H,23,26). The zero-order valence-corrected chi connectivity index (χ0v) is 14.3. The number of halogens is 3. The predicted molar refractivity (Wildman–Crippen MR) is 93.6 cm³/mol. The van der Waals surface area contributed by atoms with Crippen LogP contribution < -0.4 is 15.5 Å². The number of carbonyl (C=O) groups is 2. The molecule has 2 N–H and O–H groups in total. The molecule has 138 valence electrons. The first-order chi connectivity index (χ1) is 12.4. The molecule has 0 aromatic heterocycles. The van der Waals surface area contributed by atoms with Crippen LogP contribution in [0.15, 0.2) is 36.4 Å². The molecule has 2 amide bonds. The Hall–Kier alpha value is -3.03. The summed E-state index contributed by atoms with van der Waals surface area (Å²) in [5, 5.41) is 4.26. The number of hydrogen-bond acceptors (Lipinski definition) is 3. The molecule has 26 heavy (non-hydrogen) atoms. The van der Waals surface area contributed by atoms with Crippen molar-refractivity contribution in [3.05, 3.63) is 53.8 Å². The zero-order chi connectivity index (χ0) is 19.3. The molecular weight excluding hydrogens is 347 g/mol. The maximum atomic E-state index is 13.5. The molecule has 2 aromatic carbocycles. The Labute approximate surface area is 148 Å². The van der Waals surface area contributed by atoms with Gasteiger partial charge >= 0.3 is 11.8 Å². The maximum Gasteiger partial charge on any atom is 0.314 e. The Balaban J connectivity index is 2.03. The molecule has 0 saturated heterocycles. The fraction of sp³-hybridized carbons (Fsp3) is 0.222. The van der Waals surface area contributed by atoms with E-state index in [-0.39, 0.29) is 0 Å². The fourth-order valence-electron chi connectivity index (χ4n) is 2.33. The lowest BCUT2D eigenvalue weighted by molar-refractivity contribution is -0.133. The molecule has 0 aliphatic carbocycles. The van der Waals surface area contributed by atoms with E-state index in [0.29, 0.717) is 11.8 Å². The summed E-state index contributed by atoms with van der Waals surface area (Å²) >= 11 is 0. The number of rotatable bonds is 5. The third kappa shape index (κ3) is 4.33. The van der Waals surface area contributed by atoms with Gasteiger partial charge in [0.25, 0.3) is 0 Å². The maximum absolute atomic E-state index is 13.5. The number of nitrogens with zero attached hydrogens (tertiary/aromatic N) is 1. The highest BCUT2D eigenvalue weighted by Crippen LogP contribution is 2.20. The number of benzene rings is 2. The van der Waals surface area contributed by atoms with Crippen LogP contribution in [0.2, 0.25) is 0 Å². The van der Waals surface area contributed by atoms with Crippen molar-refractivity contribution in [1.29, 1.82) is 0 Å². The van der Waals surface area contributed by atoms with E-state index >= 15 is 0 Å². The van der Waals surface area contributed by atoms with Crippen molar-refractivity contribution < 1.29 is 22.8 Å². The van der Waals surface area contributed by atoms with E-state index in [4.69, 9.17) is 0 Å². The van der Waals surface area contributed by atoms with Crippen LogP contribution in [0.4, 0.5) is 30.2 Å². The third-order valence-electron chi connectivity index (χ3n) is 3.74. The summed E-state index contributed by atoms with van der Waals surface area (Å²) in [6.45, 7) is 5.68. The van der Waals surface area contributed by atoms with Gasteiger partial charge in [-0.25, -0.2) is 13.2 Å². The summed E-state index contributed by atoms with van der Waals surface area (Å²) in [4.78, 5) is 25.8. The molecule has 0 bridgehead atoms. The second kappa shape index (κ2) is 8.37. The average molecular weight is 365 g/mol. The van der Waals surface area contributed by atoms with Crippen LogP contribution >= 0.6 is 0 Å². The first-order valence-corrected chi connectivity index (χ1v) is 7.98. The van der Waals surface area contributed by atoms with Gasteiger partial charge in [-0.15, -0.1) is 0 Å². The molecule has 8 heteroatoms. The minimum Gasteiger partial charge on any atom is -0.372 e. The number of nitrogens with one attached hydrogen (secondary N) is 2. The van der Waals surface area contributed by atoms with Gasteiger partial charge in [0.05, 0.1) is 5.69 Å². The summed E-state index contributed by atoms with van der Waals surface area (Å²) < 4.78 is 39.6. The van der Waals surface area contributed by atoms with Gasteiger partial charge in [0.2, 0.25) is 0 Å². The van der Waals surface area contributed by atoms with Crippen molar-refractivity contribution in [2.75, 3.05) is 28.6 Å². The Morgan fingerprint density at radius 1 is 0.846 bits per heavy atom. The van der Waals surface area contributed by atoms with Crippen molar-refractivity contribution in [3.63, 3.8) is 0 Å². The van der Waals surface area contributed by atoms with E-state index in [2.05, 4.69) is 10.2 Å². The van der Waals surface area contributed by atoms with Crippen molar-refractivity contribution in [2.24, 2.45) is 0 Å². The first-order valence-electron chi connectivity index (χ1n) is 7.98. The van der Waals surface area contributed by atoms with Crippen LogP contribution in [-0.2, 0) is 9.59 Å². The van der Waals surface area contributed by atoms with Gasteiger partial charge in [-0.05, 0) is 50.2 Å². The number of hydrogen-bond donors (Lipinski definition) is 2. The quantitative estimate of drug-likeness (QED) is 0.630. The Kier molecular flexibility index (Phi) is 6.21. The molecular formula is C18H18F3N3O2. The van der Waals surface area contributed by atoms with Crippen LogP contribution in [0.1, 0.15) is 13.8 Å². The summed E-state index contributed by atoms with van der Waals surface area (Å²) in [7, 11) is 0. The second-order valence-corrected chi connectivity index (χ2v) is 5.35. The molecule has 0 saturated carbocycles. The van der Waals surface area contributed by atoms with E-state index in [9.17, 15) is 22.8 Å². The van der Waals surface area contributed by atoms with E-state index in [1.54, 1.807) is 24.3 Å². The molecule has 0 aliphatic heterocycles. The van der Waals surface area contributed by atoms with Crippen molar-refractivity contribution >= 4 is 28.9 Å². The summed E-state index contributed by atoms with van der Waals surface area (Å²) in [6.07, 6.45) is 0. The Bertz CT molecular complexity index is 806. The van der Waals surface area contributed by atoms with Crippen LogP contribution in [-0.4, -0.2) is 24.9 Å². The van der Waals surface area contributed by atoms with Gasteiger partial charge < -0.3 is 15.5 Å². The monoisotopic (exact) mass is 365 g/mol. The van der Waals surface area contributed by atoms with E-state index in [1.165, 1.54) is 0 Å². The SMILES string of the molecule is CCN(CC)c1ccc(NC(=O)C(=O)Nc2ccc(F)c(F)c2F)cc1. The topological polar surface area (TPSA) is 61.4 Å². The van der Waals surface area contributed by atoms with Gasteiger partial charge in [0, 0.05) is 24.5 Å². The number of carbonyl (C=O) groups excluding carboxylic acids is 2. The van der Waals surface area contributed by atoms with Gasteiger partial charge in [0.15, 0.2) is 17.5 Å². The number of amides is 2. The highest BCUT2D eigenvalue weighted by Gasteiger charge is 2.19. The third-order valence-corrected chi connectivity index (χ3v) is 3.74. The largest absolute Gasteiger partial charge is 0.372 e.